The summed E-state index contributed by atoms with van der Waals surface area (Å²) in [6, 6.07) is 0. The first kappa shape index (κ1) is 12.7. The smallest absolute Gasteiger partial charge is 0.00369 e. The summed E-state index contributed by atoms with van der Waals surface area (Å²) in [6.07, 6.45) is 7.29. The lowest BCUT2D eigenvalue weighted by Crippen LogP contribution is -1.89. The van der Waals surface area contributed by atoms with E-state index in [-0.39, 0.29) is 0 Å². The summed E-state index contributed by atoms with van der Waals surface area (Å²) in [7, 11) is 7.87. The predicted octanol–water partition coefficient (Wildman–Crippen LogP) is 3.17. The maximum Gasteiger partial charge on any atom is 0.00369 e. The van der Waals surface area contributed by atoms with Gasteiger partial charge in [-0.25, -0.2) is 0 Å². The largest absolute Gasteiger partial charge is 0.323 e. The average Bonchev–Trinajstić information content (AvgIpc) is 2.19. The van der Waals surface area contributed by atoms with Crippen molar-refractivity contribution in [1.29, 1.82) is 0 Å². The Morgan fingerprint density at radius 3 is 1.50 bits per heavy atom. The Morgan fingerprint density at radius 1 is 0.750 bits per heavy atom. The summed E-state index contributed by atoms with van der Waals surface area (Å²) < 4.78 is 0. The topological polar surface area (TPSA) is 12.0 Å². The van der Waals surface area contributed by atoms with Gasteiger partial charge < -0.3 is 5.32 Å². The molecule has 0 spiro atoms. The van der Waals surface area contributed by atoms with Crippen molar-refractivity contribution in [3.8, 4) is 0 Å². The number of rotatable bonds is 0. The maximum atomic E-state index is 2.75. The van der Waals surface area contributed by atoms with E-state index >= 15 is 0 Å². The average molecular weight is 207 g/mol. The molecule has 0 aliphatic carbocycles. The number of nitrogens with one attached hydrogen (secondary N) is 1. The van der Waals surface area contributed by atoms with Gasteiger partial charge in [0.25, 0.3) is 0 Å². The van der Waals surface area contributed by atoms with E-state index in [9.17, 15) is 0 Å². The van der Waals surface area contributed by atoms with Crippen LogP contribution < -0.4 is 5.32 Å². The highest BCUT2D eigenvalue weighted by molar-refractivity contribution is 8.76. The molecule has 0 radical (unpaired) electrons. The standard InChI is InChI=1S/C7H14S2.C2H7N/c1-2-4-6-8-9-7-5-3-1;1-3-2/h1-7H2;3H,1-2H3. The SMILES string of the molecule is C1CCCSSCCC1.CNC. The van der Waals surface area contributed by atoms with Gasteiger partial charge in [-0.1, -0.05) is 40.9 Å². The normalized spacial score (nSPS) is 19.5. The van der Waals surface area contributed by atoms with Crippen LogP contribution in [0.15, 0.2) is 0 Å². The number of hydrogen-bond donors (Lipinski definition) is 1. The third-order valence-corrected chi connectivity index (χ3v) is 4.12. The van der Waals surface area contributed by atoms with Crippen molar-refractivity contribution >= 4 is 21.6 Å². The second-order valence-corrected chi connectivity index (χ2v) is 5.61. The quantitative estimate of drug-likeness (QED) is 0.613. The minimum Gasteiger partial charge on any atom is -0.323 e. The Morgan fingerprint density at radius 2 is 1.08 bits per heavy atom. The zero-order valence-electron chi connectivity index (χ0n) is 8.27. The van der Waals surface area contributed by atoms with Crippen molar-refractivity contribution in [3.05, 3.63) is 0 Å². The first-order chi connectivity index (χ1) is 5.91. The Labute approximate surface area is 84.9 Å². The molecule has 1 saturated heterocycles. The van der Waals surface area contributed by atoms with Gasteiger partial charge in [0.05, 0.1) is 0 Å². The van der Waals surface area contributed by atoms with Crippen LogP contribution in [0.5, 0.6) is 0 Å². The van der Waals surface area contributed by atoms with E-state index in [0.717, 1.165) is 0 Å². The van der Waals surface area contributed by atoms with Crippen molar-refractivity contribution in [1.82, 2.24) is 5.32 Å². The van der Waals surface area contributed by atoms with Crippen LogP contribution in [-0.4, -0.2) is 25.6 Å². The van der Waals surface area contributed by atoms with Gasteiger partial charge in [0.2, 0.25) is 0 Å². The zero-order valence-corrected chi connectivity index (χ0v) is 9.90. The lowest BCUT2D eigenvalue weighted by molar-refractivity contribution is 0.665. The minimum absolute atomic E-state index is 1.38. The van der Waals surface area contributed by atoms with E-state index in [1.54, 1.807) is 0 Å². The molecule has 1 aliphatic heterocycles. The van der Waals surface area contributed by atoms with Gasteiger partial charge in [-0.15, -0.1) is 0 Å². The van der Waals surface area contributed by atoms with Crippen LogP contribution in [0.1, 0.15) is 32.1 Å². The molecule has 0 aromatic heterocycles. The molecule has 0 unspecified atom stereocenters. The molecular weight excluding hydrogens is 186 g/mol. The molecule has 1 N–H and O–H groups in total. The Hall–Kier alpha value is 0.660. The van der Waals surface area contributed by atoms with Gasteiger partial charge in [0.15, 0.2) is 0 Å². The molecule has 1 heterocycles. The van der Waals surface area contributed by atoms with E-state index in [1.807, 2.05) is 14.1 Å². The first-order valence-electron chi connectivity index (χ1n) is 4.74. The fourth-order valence-electron chi connectivity index (χ4n) is 0.970. The summed E-state index contributed by atoms with van der Waals surface area (Å²) >= 11 is 0. The highest BCUT2D eigenvalue weighted by Gasteiger charge is 1.96. The highest BCUT2D eigenvalue weighted by Crippen LogP contribution is 2.26. The van der Waals surface area contributed by atoms with E-state index in [4.69, 9.17) is 0 Å². The van der Waals surface area contributed by atoms with Crippen LogP contribution in [0.3, 0.4) is 0 Å². The van der Waals surface area contributed by atoms with E-state index in [0.29, 0.717) is 0 Å². The first-order valence-corrected chi connectivity index (χ1v) is 7.23. The third-order valence-electron chi connectivity index (χ3n) is 1.54. The molecule has 74 valence electrons. The maximum absolute atomic E-state index is 2.75. The molecule has 1 nitrogen and oxygen atoms in total. The van der Waals surface area contributed by atoms with Crippen LogP contribution >= 0.6 is 21.6 Å². The summed E-state index contributed by atoms with van der Waals surface area (Å²) in [6.45, 7) is 0. The van der Waals surface area contributed by atoms with Gasteiger partial charge in [-0.2, -0.15) is 0 Å². The molecule has 0 amide bonds. The third kappa shape index (κ3) is 10.7. The van der Waals surface area contributed by atoms with Crippen molar-refractivity contribution in [2.75, 3.05) is 25.6 Å². The Balaban J connectivity index is 0.000000354. The van der Waals surface area contributed by atoms with Gasteiger partial charge in [0.1, 0.15) is 0 Å². The van der Waals surface area contributed by atoms with Gasteiger partial charge in [-0.05, 0) is 26.9 Å². The molecule has 1 aliphatic rings. The van der Waals surface area contributed by atoms with Crippen molar-refractivity contribution in [2.24, 2.45) is 0 Å². The summed E-state index contributed by atoms with van der Waals surface area (Å²) in [4.78, 5) is 0. The van der Waals surface area contributed by atoms with Crippen LogP contribution in [-0.2, 0) is 0 Å². The summed E-state index contributed by atoms with van der Waals surface area (Å²) in [5.41, 5.74) is 0. The van der Waals surface area contributed by atoms with Crippen molar-refractivity contribution in [3.63, 3.8) is 0 Å². The van der Waals surface area contributed by atoms with Crippen LogP contribution in [0.4, 0.5) is 0 Å². The zero-order chi connectivity index (χ0) is 9.07. The molecule has 3 heteroatoms. The molecule has 0 saturated carbocycles. The van der Waals surface area contributed by atoms with Gasteiger partial charge >= 0.3 is 0 Å². The molecule has 0 aromatic rings. The second-order valence-electron chi connectivity index (χ2n) is 2.91. The minimum atomic E-state index is 1.38. The summed E-state index contributed by atoms with van der Waals surface area (Å²) in [5, 5.41) is 2.75. The van der Waals surface area contributed by atoms with Gasteiger partial charge in [0, 0.05) is 11.5 Å². The number of hydrogen-bond acceptors (Lipinski definition) is 3. The lowest BCUT2D eigenvalue weighted by atomic mass is 10.2. The van der Waals surface area contributed by atoms with Gasteiger partial charge in [-0.3, -0.25) is 0 Å². The summed E-state index contributed by atoms with van der Waals surface area (Å²) in [5.74, 6) is 2.76. The molecule has 0 aromatic carbocycles. The predicted molar refractivity (Wildman–Crippen MR) is 63.0 cm³/mol. The molecular formula is C9H21NS2. The fourth-order valence-corrected chi connectivity index (χ4v) is 3.26. The molecule has 1 rings (SSSR count). The van der Waals surface area contributed by atoms with Crippen molar-refractivity contribution < 1.29 is 0 Å². The Kier molecular flexibility index (Phi) is 12.3. The van der Waals surface area contributed by atoms with E-state index in [2.05, 4.69) is 26.9 Å². The molecule has 0 atom stereocenters. The van der Waals surface area contributed by atoms with Crippen LogP contribution in [0.25, 0.3) is 0 Å². The van der Waals surface area contributed by atoms with E-state index in [1.165, 1.54) is 43.6 Å². The van der Waals surface area contributed by atoms with Crippen molar-refractivity contribution in [2.45, 2.75) is 32.1 Å². The van der Waals surface area contributed by atoms with Crippen LogP contribution in [0.2, 0.25) is 0 Å². The Bertz CT molecular complexity index is 50.4. The highest BCUT2D eigenvalue weighted by atomic mass is 33.1. The molecule has 1 fully saturated rings. The molecule has 12 heavy (non-hydrogen) atoms. The van der Waals surface area contributed by atoms with E-state index < -0.39 is 0 Å². The molecule has 0 bridgehead atoms. The lowest BCUT2D eigenvalue weighted by Gasteiger charge is -1.93. The second kappa shape index (κ2) is 11.7. The monoisotopic (exact) mass is 207 g/mol. The van der Waals surface area contributed by atoms with Crippen LogP contribution in [0, 0.1) is 0 Å². The fraction of sp³-hybridized carbons (Fsp3) is 1.00.